The Kier molecular flexibility index (Phi) is 16.1. The van der Waals surface area contributed by atoms with Gasteiger partial charge in [0.1, 0.15) is 23.0 Å². The second kappa shape index (κ2) is 28.5. The van der Waals surface area contributed by atoms with Crippen molar-refractivity contribution in [2.24, 2.45) is 4.99 Å². The van der Waals surface area contributed by atoms with Crippen molar-refractivity contribution in [3.63, 3.8) is 0 Å². The van der Waals surface area contributed by atoms with Gasteiger partial charge in [-0.25, -0.2) is 0 Å². The van der Waals surface area contributed by atoms with E-state index in [0.717, 1.165) is 240 Å². The summed E-state index contributed by atoms with van der Waals surface area (Å²) in [4.78, 5) is 39.5. The highest BCUT2D eigenvalue weighted by Gasteiger charge is 2.43. The molecule has 2 aliphatic carbocycles. The zero-order valence-electron chi connectivity index (χ0n) is 67.9. The Hall–Kier alpha value is -16.6. The van der Waals surface area contributed by atoms with Crippen molar-refractivity contribution in [3.8, 4) is 95.0 Å². The summed E-state index contributed by atoms with van der Waals surface area (Å²) in [5.74, 6) is 0.474. The lowest BCUT2D eigenvalue weighted by molar-refractivity contribution is 0.270. The van der Waals surface area contributed by atoms with E-state index < -0.39 is 6.10 Å². The number of anilines is 2. The maximum absolute atomic E-state index is 7.85. The molecule has 126 heavy (non-hydrogen) atoms. The summed E-state index contributed by atoms with van der Waals surface area (Å²) in [5.41, 5.74) is 34.3. The van der Waals surface area contributed by atoms with Crippen LogP contribution in [0.25, 0.3) is 193 Å². The van der Waals surface area contributed by atoms with E-state index in [-0.39, 0.29) is 17.9 Å². The van der Waals surface area contributed by atoms with Crippen molar-refractivity contribution >= 4 is 122 Å². The molecular formula is C112H72N12O2. The van der Waals surface area contributed by atoms with Crippen molar-refractivity contribution in [3.05, 3.63) is 406 Å². The third-order valence-electron chi connectivity index (χ3n) is 26.3. The monoisotopic (exact) mass is 1620 g/mol. The first-order valence-corrected chi connectivity index (χ1v) is 42.8. The first-order valence-electron chi connectivity index (χ1n) is 42.8. The third kappa shape index (κ3) is 11.5. The summed E-state index contributed by atoms with van der Waals surface area (Å²) in [6, 6.07) is 93.2. The lowest BCUT2D eigenvalue weighted by atomic mass is 9.85. The zero-order valence-corrected chi connectivity index (χ0v) is 67.9. The first kappa shape index (κ1) is 71.2. The van der Waals surface area contributed by atoms with Crippen LogP contribution in [0, 0.1) is 0 Å². The van der Waals surface area contributed by atoms with Gasteiger partial charge >= 0.3 is 0 Å². The molecule has 0 N–H and O–H groups in total. The predicted octanol–water partition coefficient (Wildman–Crippen LogP) is 26.4. The van der Waals surface area contributed by atoms with Gasteiger partial charge in [-0.1, -0.05) is 109 Å². The molecule has 4 atom stereocenters. The van der Waals surface area contributed by atoms with Crippen LogP contribution in [0.3, 0.4) is 0 Å². The second-order valence-corrected chi connectivity index (χ2v) is 33.3. The number of hydrogen-bond acceptors (Lipinski definition) is 11. The van der Waals surface area contributed by atoms with E-state index in [1.807, 2.05) is 135 Å². The number of fused-ring (bicyclic) bond motifs is 18. The van der Waals surface area contributed by atoms with Crippen LogP contribution >= 0.6 is 0 Å². The van der Waals surface area contributed by atoms with Crippen LogP contribution in [-0.4, -0.2) is 73.5 Å². The maximum atomic E-state index is 7.85. The summed E-state index contributed by atoms with van der Waals surface area (Å²) < 4.78 is 22.9. The van der Waals surface area contributed by atoms with Crippen molar-refractivity contribution in [2.75, 3.05) is 11.4 Å². The Bertz CT molecular complexity index is 8020. The summed E-state index contributed by atoms with van der Waals surface area (Å²) in [6.07, 6.45) is 45.5. The number of dihydropyridines is 1. The predicted molar refractivity (Wildman–Crippen MR) is 510 cm³/mol. The minimum Gasteiger partial charge on any atom is -0.484 e. The highest BCUT2D eigenvalue weighted by molar-refractivity contribution is 6.18. The SMILES string of the molecule is C1=CC2C(C=C1c1cccnc1)c1cc(C3=CCCN=C3)ccc1N2c1cc(-c2cc(-n3c4ccc(-c5cccnc5)cc4c4cc(-c5cccnc5)ccc43)cc3c2oc2ccc(-n4c5ccc(-c6cccnc6)cc5c5cc(-c6cccnc6)ccc54)cc23)c2c(c1)C1C=C(n3c4ccc(-c5cccnc5)cc4c4cc(-c5cccnc5)ccc43)C=CC1O2. The Morgan fingerprint density at radius 1 is 0.317 bits per heavy atom. The molecule has 5 aliphatic rings. The quantitative estimate of drug-likeness (QED) is 0.109. The lowest BCUT2D eigenvalue weighted by Crippen LogP contribution is -2.29. The maximum Gasteiger partial charge on any atom is 0.143 e. The van der Waals surface area contributed by atoms with Crippen molar-refractivity contribution in [1.82, 2.24) is 48.6 Å². The van der Waals surface area contributed by atoms with Gasteiger partial charge < -0.3 is 27.8 Å². The highest BCUT2D eigenvalue weighted by atomic mass is 16.5. The Morgan fingerprint density at radius 3 is 1.24 bits per heavy atom. The van der Waals surface area contributed by atoms with E-state index in [1.54, 1.807) is 0 Å². The molecule has 0 saturated carbocycles. The number of aliphatic imine (C=N–C) groups is 1. The van der Waals surface area contributed by atoms with E-state index in [2.05, 4.69) is 308 Å². The number of rotatable bonds is 13. The van der Waals surface area contributed by atoms with E-state index in [4.69, 9.17) is 14.1 Å². The van der Waals surface area contributed by atoms with Crippen LogP contribution in [0.15, 0.2) is 393 Å². The molecule has 4 unspecified atom stereocenters. The van der Waals surface area contributed by atoms with Gasteiger partial charge in [0.15, 0.2) is 0 Å². The molecule has 0 amide bonds. The highest BCUT2D eigenvalue weighted by Crippen LogP contribution is 2.57. The standard InChI is InChI=1S/C112H72N12O2/c1-9-75(59-113-37-1)67-17-27-101-87(45-67)88-46-68(76-10-2-38-114-60-76)18-28-102(88)121(101)83-25-35-109-95(53-83)97-55-85(123-105-31-21-71(79-13-5-41-117-63-79)49-91(105)92-50-72(22-32-106(92)123)80-14-6-42-118-64-80)57-99(111(97)125-109)100-58-86(124-107-33-23-73(81-15-7-43-119-65-81)51-93(107)94-52-74(24-34-108(94)124)82-16-8-44-120-66-82)56-98-96-54-84(26-36-110(96)126-112(98)100)122-103-29-19-69(77-11-3-39-115-61-77)47-89(103)90-48-70(20-30-104(90)122)78-12-4-40-116-62-78/h1-7,9-43,45-66,93,96,107,110H,8,44H2. The Balaban J connectivity index is 0.735. The molecule has 26 rings (SSSR count). The first-order chi connectivity index (χ1) is 62.4. The fraction of sp³-hybridized carbons (Fsp3) is 0.0536. The Labute approximate surface area is 723 Å². The molecule has 0 radical (unpaired) electrons. The zero-order chi connectivity index (χ0) is 82.6. The van der Waals surface area contributed by atoms with Gasteiger partial charge in [0, 0.05) is 233 Å². The average molecular weight is 1620 g/mol. The smallest absolute Gasteiger partial charge is 0.143 e. The number of pyridine rings is 7. The summed E-state index contributed by atoms with van der Waals surface area (Å²) in [7, 11) is 0. The molecule has 21 aromatic rings. The summed E-state index contributed by atoms with van der Waals surface area (Å²) in [5, 5.41) is 8.59. The molecule has 14 heteroatoms. The number of nitrogens with zero attached hydrogens (tertiary/aromatic N) is 12. The number of ether oxygens (including phenoxy) is 1. The lowest BCUT2D eigenvalue weighted by Gasteiger charge is -2.31. The molecular weight excluding hydrogens is 1550 g/mol. The normalized spacial score (nSPS) is 16.3. The molecule has 0 fully saturated rings. The molecule has 0 saturated heterocycles. The fourth-order valence-electron chi connectivity index (χ4n) is 20.5. The van der Waals surface area contributed by atoms with Gasteiger partial charge in [-0.3, -0.25) is 39.9 Å². The molecule has 14 heterocycles. The van der Waals surface area contributed by atoms with Gasteiger partial charge in [0.05, 0.1) is 39.1 Å². The van der Waals surface area contributed by atoms with Crippen LogP contribution in [0.4, 0.5) is 11.4 Å². The van der Waals surface area contributed by atoms with Gasteiger partial charge in [-0.2, -0.15) is 0 Å². The Morgan fingerprint density at radius 2 is 0.770 bits per heavy atom. The van der Waals surface area contributed by atoms with Crippen LogP contribution < -0.4 is 9.64 Å². The van der Waals surface area contributed by atoms with Crippen molar-refractivity contribution in [2.45, 2.75) is 30.4 Å². The van der Waals surface area contributed by atoms with Crippen molar-refractivity contribution in [1.29, 1.82) is 0 Å². The van der Waals surface area contributed by atoms with Gasteiger partial charge in [-0.15, -0.1) is 0 Å². The van der Waals surface area contributed by atoms with E-state index in [0.29, 0.717) is 0 Å². The van der Waals surface area contributed by atoms with Crippen LogP contribution in [0.5, 0.6) is 5.75 Å². The van der Waals surface area contributed by atoms with E-state index in [9.17, 15) is 0 Å². The third-order valence-corrected chi connectivity index (χ3v) is 26.3. The molecule has 3 aliphatic heterocycles. The van der Waals surface area contributed by atoms with Crippen LogP contribution in [0.1, 0.15) is 40.5 Å². The molecule has 592 valence electrons. The summed E-state index contributed by atoms with van der Waals surface area (Å²) in [6.45, 7) is 0.782. The summed E-state index contributed by atoms with van der Waals surface area (Å²) >= 11 is 0. The van der Waals surface area contributed by atoms with E-state index >= 15 is 0 Å². The second-order valence-electron chi connectivity index (χ2n) is 33.3. The minimum absolute atomic E-state index is 0.0491. The number of furan rings is 1. The molecule has 10 aromatic carbocycles. The number of aromatic nitrogens is 10. The molecule has 14 nitrogen and oxygen atoms in total. The number of allylic oxidation sites excluding steroid dienone is 5. The number of benzene rings is 10. The van der Waals surface area contributed by atoms with Gasteiger partial charge in [-0.05, 0) is 256 Å². The molecule has 0 bridgehead atoms. The molecule has 0 spiro atoms. The minimum atomic E-state index is -0.393. The van der Waals surface area contributed by atoms with E-state index in [1.165, 1.54) is 5.56 Å². The fourth-order valence-corrected chi connectivity index (χ4v) is 20.5. The van der Waals surface area contributed by atoms with Crippen LogP contribution in [-0.2, 0) is 0 Å². The average Bonchev–Trinajstić information content (AvgIpc) is 1.57. The molecule has 11 aromatic heterocycles. The topological polar surface area (TPSA) is 143 Å². The van der Waals surface area contributed by atoms with Gasteiger partial charge in [0.2, 0.25) is 0 Å². The van der Waals surface area contributed by atoms with Crippen molar-refractivity contribution < 1.29 is 9.15 Å². The largest absolute Gasteiger partial charge is 0.484 e. The number of hydrogen-bond donors (Lipinski definition) is 0. The van der Waals surface area contributed by atoms with Crippen LogP contribution in [0.2, 0.25) is 0 Å². The van der Waals surface area contributed by atoms with Gasteiger partial charge in [0.25, 0.3) is 0 Å².